The number of anilines is 1. The van der Waals surface area contributed by atoms with Crippen LogP contribution in [0.25, 0.3) is 0 Å². The molecule has 1 aliphatic carbocycles. The summed E-state index contributed by atoms with van der Waals surface area (Å²) < 4.78 is 0. The van der Waals surface area contributed by atoms with Crippen molar-refractivity contribution < 1.29 is 4.79 Å². The smallest absolute Gasteiger partial charge is 0.257 e. The van der Waals surface area contributed by atoms with E-state index in [2.05, 4.69) is 34.1 Å². The first-order valence-corrected chi connectivity index (χ1v) is 10.1. The fourth-order valence-electron chi connectivity index (χ4n) is 3.99. The number of aromatic amines is 1. The number of carbonyl (C=O) groups excluding carboxylic acids is 1. The molecular weight excluding hydrogens is 360 g/mol. The average molecular weight is 382 g/mol. The SMILES string of the molecule is CCSc1nc2c(c(=O)[nH]1)[C@@H](c1ccncc1)C1=C(CC(C)(C)CC1=O)N2. The van der Waals surface area contributed by atoms with Crippen LogP contribution in [0.1, 0.15) is 50.7 Å². The number of rotatable bonds is 3. The van der Waals surface area contributed by atoms with Gasteiger partial charge >= 0.3 is 0 Å². The number of nitrogens with zero attached hydrogens (tertiary/aromatic N) is 2. The molecule has 7 heteroatoms. The highest BCUT2D eigenvalue weighted by Crippen LogP contribution is 2.47. The predicted molar refractivity (Wildman–Crippen MR) is 106 cm³/mol. The van der Waals surface area contributed by atoms with Crippen LogP contribution in [-0.2, 0) is 4.79 Å². The standard InChI is InChI=1S/C20H22N4O2S/c1-4-27-19-23-17-16(18(26)24-19)14(11-5-7-21-8-6-11)15-12(22-17)9-20(2,3)10-13(15)25/h5-8,14H,4,9-10H2,1-3H3,(H2,22,23,24,26)/t14-/m0/s1. The fourth-order valence-corrected chi connectivity index (χ4v) is 4.58. The molecule has 2 aromatic heterocycles. The maximum absolute atomic E-state index is 13.1. The van der Waals surface area contributed by atoms with Crippen molar-refractivity contribution >= 4 is 23.4 Å². The van der Waals surface area contributed by atoms with Gasteiger partial charge in [0, 0.05) is 36.0 Å². The number of carbonyl (C=O) groups is 1. The van der Waals surface area contributed by atoms with E-state index in [9.17, 15) is 9.59 Å². The number of H-pyrrole nitrogens is 1. The molecule has 2 aliphatic rings. The monoisotopic (exact) mass is 382 g/mol. The maximum atomic E-state index is 13.1. The highest BCUT2D eigenvalue weighted by molar-refractivity contribution is 7.99. The first-order valence-electron chi connectivity index (χ1n) is 9.10. The summed E-state index contributed by atoms with van der Waals surface area (Å²) in [6, 6.07) is 3.73. The Balaban J connectivity index is 1.95. The summed E-state index contributed by atoms with van der Waals surface area (Å²) in [6.07, 6.45) is 4.61. The number of allylic oxidation sites excluding steroid dienone is 2. The Kier molecular flexibility index (Phi) is 4.42. The summed E-state index contributed by atoms with van der Waals surface area (Å²) in [5, 5.41) is 3.91. The van der Waals surface area contributed by atoms with Gasteiger partial charge < -0.3 is 10.3 Å². The van der Waals surface area contributed by atoms with Gasteiger partial charge in [-0.2, -0.15) is 0 Å². The molecule has 0 radical (unpaired) electrons. The Bertz CT molecular complexity index is 995. The minimum atomic E-state index is -0.417. The zero-order valence-corrected chi connectivity index (χ0v) is 16.4. The molecule has 1 atom stereocenters. The number of aromatic nitrogens is 3. The third-order valence-electron chi connectivity index (χ3n) is 5.02. The Morgan fingerprint density at radius 3 is 2.67 bits per heavy atom. The second-order valence-electron chi connectivity index (χ2n) is 7.74. The van der Waals surface area contributed by atoms with E-state index in [1.165, 1.54) is 11.8 Å². The van der Waals surface area contributed by atoms with Gasteiger partial charge in [0.25, 0.3) is 5.56 Å². The van der Waals surface area contributed by atoms with Gasteiger partial charge in [0.15, 0.2) is 10.9 Å². The van der Waals surface area contributed by atoms with Crippen LogP contribution < -0.4 is 10.9 Å². The fraction of sp³-hybridized carbons (Fsp3) is 0.400. The normalized spacial score (nSPS) is 20.7. The van der Waals surface area contributed by atoms with Gasteiger partial charge in [-0.15, -0.1) is 0 Å². The Morgan fingerprint density at radius 1 is 1.22 bits per heavy atom. The van der Waals surface area contributed by atoms with Crippen molar-refractivity contribution in [2.24, 2.45) is 5.41 Å². The molecule has 2 aromatic rings. The van der Waals surface area contributed by atoms with Crippen LogP contribution in [0.15, 0.2) is 45.7 Å². The van der Waals surface area contributed by atoms with E-state index in [1.807, 2.05) is 19.1 Å². The first-order chi connectivity index (χ1) is 12.9. The van der Waals surface area contributed by atoms with Crippen LogP contribution in [0, 0.1) is 5.41 Å². The van der Waals surface area contributed by atoms with Crippen LogP contribution >= 0.6 is 11.8 Å². The molecule has 3 heterocycles. The van der Waals surface area contributed by atoms with Crippen molar-refractivity contribution in [2.75, 3.05) is 11.1 Å². The van der Waals surface area contributed by atoms with Gasteiger partial charge in [-0.1, -0.05) is 32.5 Å². The largest absolute Gasteiger partial charge is 0.343 e. The Labute approximate surface area is 161 Å². The molecule has 0 bridgehead atoms. The van der Waals surface area contributed by atoms with Crippen LogP contribution in [-0.4, -0.2) is 26.5 Å². The van der Waals surface area contributed by atoms with Crippen LogP contribution in [0.5, 0.6) is 0 Å². The first kappa shape index (κ1) is 18.0. The Morgan fingerprint density at radius 2 is 1.96 bits per heavy atom. The molecule has 0 saturated carbocycles. The third-order valence-corrected chi connectivity index (χ3v) is 5.78. The molecule has 2 N–H and O–H groups in total. The summed E-state index contributed by atoms with van der Waals surface area (Å²) in [6.45, 7) is 6.20. The molecule has 140 valence electrons. The van der Waals surface area contributed by atoms with Gasteiger partial charge in [0.05, 0.1) is 5.56 Å². The van der Waals surface area contributed by atoms with E-state index in [0.717, 1.165) is 23.4 Å². The van der Waals surface area contributed by atoms with Crippen molar-refractivity contribution in [1.82, 2.24) is 15.0 Å². The van der Waals surface area contributed by atoms with Gasteiger partial charge in [0.2, 0.25) is 0 Å². The highest BCUT2D eigenvalue weighted by Gasteiger charge is 2.42. The summed E-state index contributed by atoms with van der Waals surface area (Å²) in [4.78, 5) is 37.6. The molecule has 4 rings (SSSR count). The van der Waals surface area contributed by atoms with Crippen LogP contribution in [0.4, 0.5) is 5.82 Å². The van der Waals surface area contributed by atoms with Crippen molar-refractivity contribution in [3.63, 3.8) is 0 Å². The summed E-state index contributed by atoms with van der Waals surface area (Å²) in [5.74, 6) is 1.04. The lowest BCUT2D eigenvalue weighted by molar-refractivity contribution is -0.118. The van der Waals surface area contributed by atoms with E-state index in [4.69, 9.17) is 0 Å². The van der Waals surface area contributed by atoms with Crippen molar-refractivity contribution in [3.05, 3.63) is 57.3 Å². The van der Waals surface area contributed by atoms with Crippen molar-refractivity contribution in [3.8, 4) is 0 Å². The second kappa shape index (κ2) is 6.64. The predicted octanol–water partition coefficient (Wildman–Crippen LogP) is 3.48. The highest BCUT2D eigenvalue weighted by atomic mass is 32.2. The molecule has 0 saturated heterocycles. The average Bonchev–Trinajstić information content (AvgIpc) is 2.60. The molecule has 0 unspecified atom stereocenters. The van der Waals surface area contributed by atoms with Gasteiger partial charge in [-0.25, -0.2) is 4.98 Å². The van der Waals surface area contributed by atoms with Crippen molar-refractivity contribution in [2.45, 2.75) is 44.7 Å². The van der Waals surface area contributed by atoms with E-state index in [1.54, 1.807) is 12.4 Å². The Hall–Kier alpha value is -2.41. The molecule has 0 aromatic carbocycles. The number of fused-ring (bicyclic) bond motifs is 1. The number of pyridine rings is 1. The minimum absolute atomic E-state index is 0.0904. The molecule has 0 amide bonds. The zero-order chi connectivity index (χ0) is 19.2. The molecule has 6 nitrogen and oxygen atoms in total. The quantitative estimate of drug-likeness (QED) is 0.624. The summed E-state index contributed by atoms with van der Waals surface area (Å²) >= 11 is 1.49. The third kappa shape index (κ3) is 3.20. The van der Waals surface area contributed by atoms with Crippen LogP contribution in [0.3, 0.4) is 0 Å². The lowest BCUT2D eigenvalue weighted by Gasteiger charge is -2.38. The number of hydrogen-bond donors (Lipinski definition) is 2. The van der Waals surface area contributed by atoms with E-state index < -0.39 is 5.92 Å². The molecule has 0 spiro atoms. The topological polar surface area (TPSA) is 87.7 Å². The maximum Gasteiger partial charge on any atom is 0.257 e. The van der Waals surface area contributed by atoms with Crippen LogP contribution in [0.2, 0.25) is 0 Å². The molecule has 27 heavy (non-hydrogen) atoms. The number of ketones is 1. The number of Topliss-reactive ketones (excluding diaryl/α,β-unsaturated/α-hetero) is 1. The number of nitrogens with one attached hydrogen (secondary N) is 2. The number of hydrogen-bond acceptors (Lipinski definition) is 6. The van der Waals surface area contributed by atoms with Gasteiger partial charge in [0.1, 0.15) is 5.82 Å². The van der Waals surface area contributed by atoms with E-state index >= 15 is 0 Å². The molecule has 0 fully saturated rings. The lowest BCUT2D eigenvalue weighted by Crippen LogP contribution is -2.37. The second-order valence-corrected chi connectivity index (χ2v) is 8.99. The van der Waals surface area contributed by atoms with Gasteiger partial charge in [-0.3, -0.25) is 14.6 Å². The zero-order valence-electron chi connectivity index (χ0n) is 15.6. The van der Waals surface area contributed by atoms with Gasteiger partial charge in [-0.05, 0) is 35.3 Å². The summed E-state index contributed by atoms with van der Waals surface area (Å²) in [5.41, 5.74) is 2.65. The number of thioether (sulfide) groups is 1. The van der Waals surface area contributed by atoms with E-state index in [-0.39, 0.29) is 16.8 Å². The molecule has 1 aliphatic heterocycles. The van der Waals surface area contributed by atoms with Crippen molar-refractivity contribution in [1.29, 1.82) is 0 Å². The minimum Gasteiger partial charge on any atom is -0.343 e. The summed E-state index contributed by atoms with van der Waals surface area (Å²) in [7, 11) is 0. The van der Waals surface area contributed by atoms with E-state index in [0.29, 0.717) is 28.5 Å². The lowest BCUT2D eigenvalue weighted by atomic mass is 9.69. The molecular formula is C20H22N4O2S.